The van der Waals surface area contributed by atoms with Gasteiger partial charge in [-0.2, -0.15) is 13.2 Å². The molecule has 1 aliphatic heterocycles. The summed E-state index contributed by atoms with van der Waals surface area (Å²) in [7, 11) is 0. The van der Waals surface area contributed by atoms with Crippen LogP contribution in [-0.4, -0.2) is 63.0 Å². The van der Waals surface area contributed by atoms with Gasteiger partial charge in [-0.25, -0.2) is 0 Å². The molecule has 1 aliphatic rings. The number of rotatable bonds is 6. The number of hydrogen-bond acceptors (Lipinski definition) is 7. The van der Waals surface area contributed by atoms with Gasteiger partial charge in [-0.05, 0) is 24.0 Å². The lowest BCUT2D eigenvalue weighted by atomic mass is 9.91. The number of thioether (sulfide) groups is 1. The van der Waals surface area contributed by atoms with Crippen LogP contribution in [0.4, 0.5) is 13.2 Å². The van der Waals surface area contributed by atoms with E-state index in [1.807, 2.05) is 11.4 Å². The molecule has 166 valence electrons. The molecule has 0 unspecified atom stereocenters. The molecule has 1 aromatic carbocycles. The van der Waals surface area contributed by atoms with Gasteiger partial charge in [0.2, 0.25) is 12.2 Å². The number of nitrogens with one attached hydrogen (secondary N) is 1. The van der Waals surface area contributed by atoms with Crippen molar-refractivity contribution in [3.63, 3.8) is 0 Å². The van der Waals surface area contributed by atoms with E-state index in [4.69, 9.17) is 9.47 Å². The van der Waals surface area contributed by atoms with E-state index in [-0.39, 0.29) is 12.0 Å². The molecule has 0 aliphatic carbocycles. The van der Waals surface area contributed by atoms with E-state index in [1.54, 1.807) is 31.2 Å². The Balaban J connectivity index is 1.89. The van der Waals surface area contributed by atoms with Crippen molar-refractivity contribution >= 4 is 11.8 Å². The predicted molar refractivity (Wildman–Crippen MR) is 102 cm³/mol. The van der Waals surface area contributed by atoms with E-state index in [2.05, 4.69) is 5.10 Å². The fraction of sp³-hybridized carbons (Fsp3) is 0.526. The standard InChI is InChI=1S/C19H23F3N2O5S/c1-9-13(8-25)28-18(15(27)14(9)26)29-17-12(16(23-24-17)19(20,21)22)7-10-3-5-11(30-2)6-4-10/h3-6,9,13-15,18,25-27H,7-8H2,1-2H3,(H,23,24)/t9-,13-,14+,15-,18+/m1/s1. The molecule has 4 N–H and O–H groups in total. The Morgan fingerprint density at radius 1 is 1.20 bits per heavy atom. The molecular weight excluding hydrogens is 425 g/mol. The van der Waals surface area contributed by atoms with Crippen LogP contribution in [-0.2, 0) is 17.3 Å². The lowest BCUT2D eigenvalue weighted by Crippen LogP contribution is -2.56. The van der Waals surface area contributed by atoms with Crippen LogP contribution in [0.1, 0.15) is 23.7 Å². The molecule has 30 heavy (non-hydrogen) atoms. The minimum atomic E-state index is -4.70. The Morgan fingerprint density at radius 3 is 2.43 bits per heavy atom. The highest BCUT2D eigenvalue weighted by Crippen LogP contribution is 2.37. The van der Waals surface area contributed by atoms with E-state index in [1.165, 1.54) is 11.8 Å². The van der Waals surface area contributed by atoms with Crippen molar-refractivity contribution in [3.8, 4) is 5.88 Å². The maximum Gasteiger partial charge on any atom is 0.433 e. The predicted octanol–water partition coefficient (Wildman–Crippen LogP) is 2.20. The van der Waals surface area contributed by atoms with Gasteiger partial charge in [0, 0.05) is 17.2 Å². The van der Waals surface area contributed by atoms with Crippen LogP contribution in [0.15, 0.2) is 29.2 Å². The van der Waals surface area contributed by atoms with E-state index < -0.39 is 54.9 Å². The molecular formula is C19H23F3N2O5S. The highest BCUT2D eigenvalue weighted by Gasteiger charge is 2.44. The van der Waals surface area contributed by atoms with Crippen LogP contribution in [0.5, 0.6) is 5.88 Å². The molecule has 11 heteroatoms. The van der Waals surface area contributed by atoms with Gasteiger partial charge in [0.1, 0.15) is 11.8 Å². The molecule has 0 amide bonds. The van der Waals surface area contributed by atoms with Crippen LogP contribution in [0, 0.1) is 5.92 Å². The summed E-state index contributed by atoms with van der Waals surface area (Å²) >= 11 is 1.51. The molecule has 1 saturated heterocycles. The van der Waals surface area contributed by atoms with E-state index in [0.717, 1.165) is 4.90 Å². The van der Waals surface area contributed by atoms with Gasteiger partial charge in [0.25, 0.3) is 0 Å². The van der Waals surface area contributed by atoms with E-state index in [9.17, 15) is 28.5 Å². The van der Waals surface area contributed by atoms with Gasteiger partial charge in [-0.3, -0.25) is 5.10 Å². The third-order valence-electron chi connectivity index (χ3n) is 5.12. The quantitative estimate of drug-likeness (QED) is 0.502. The van der Waals surface area contributed by atoms with Crippen molar-refractivity contribution in [2.75, 3.05) is 12.9 Å². The number of halogens is 3. The average molecular weight is 448 g/mol. The van der Waals surface area contributed by atoms with Gasteiger partial charge in [-0.15, -0.1) is 16.9 Å². The monoisotopic (exact) mass is 448 g/mol. The molecule has 2 aromatic rings. The number of aromatic nitrogens is 2. The Morgan fingerprint density at radius 2 is 1.87 bits per heavy atom. The van der Waals surface area contributed by atoms with Crippen molar-refractivity contribution in [3.05, 3.63) is 41.1 Å². The van der Waals surface area contributed by atoms with Crippen molar-refractivity contribution < 1.29 is 38.0 Å². The topological polar surface area (TPSA) is 108 Å². The Bertz CT molecular complexity index is 844. The lowest BCUT2D eigenvalue weighted by Gasteiger charge is -2.40. The minimum Gasteiger partial charge on any atom is -0.443 e. The number of H-pyrrole nitrogens is 1. The van der Waals surface area contributed by atoms with Gasteiger partial charge < -0.3 is 24.8 Å². The van der Waals surface area contributed by atoms with Crippen LogP contribution in [0.2, 0.25) is 0 Å². The Labute approximate surface area is 175 Å². The molecule has 0 radical (unpaired) electrons. The number of aliphatic hydroxyl groups excluding tert-OH is 3. The molecule has 0 spiro atoms. The first-order chi connectivity index (χ1) is 14.2. The normalized spacial score (nSPS) is 27.3. The zero-order valence-corrected chi connectivity index (χ0v) is 17.1. The zero-order valence-electron chi connectivity index (χ0n) is 16.3. The van der Waals surface area contributed by atoms with E-state index in [0.29, 0.717) is 5.56 Å². The smallest absolute Gasteiger partial charge is 0.433 e. The van der Waals surface area contributed by atoms with Gasteiger partial charge in [0.05, 0.1) is 24.4 Å². The zero-order chi connectivity index (χ0) is 22.1. The number of aliphatic hydroxyl groups is 3. The average Bonchev–Trinajstić information content (AvgIpc) is 3.11. The first-order valence-corrected chi connectivity index (χ1v) is 10.4. The third-order valence-corrected chi connectivity index (χ3v) is 5.87. The number of ether oxygens (including phenoxy) is 2. The lowest BCUT2D eigenvalue weighted by molar-refractivity contribution is -0.261. The molecule has 2 heterocycles. The second-order valence-corrected chi connectivity index (χ2v) is 7.97. The molecule has 5 atom stereocenters. The second kappa shape index (κ2) is 9.15. The summed E-state index contributed by atoms with van der Waals surface area (Å²) < 4.78 is 51.4. The fourth-order valence-corrected chi connectivity index (χ4v) is 3.69. The summed E-state index contributed by atoms with van der Waals surface area (Å²) in [6.45, 7) is 1.12. The molecule has 1 fully saturated rings. The maximum atomic E-state index is 13.5. The Kier molecular flexibility index (Phi) is 6.98. The summed E-state index contributed by atoms with van der Waals surface area (Å²) in [6, 6.07) is 7.01. The fourth-order valence-electron chi connectivity index (χ4n) is 3.28. The number of nitrogens with zero attached hydrogens (tertiary/aromatic N) is 1. The summed E-state index contributed by atoms with van der Waals surface area (Å²) in [5.74, 6) is -0.983. The van der Waals surface area contributed by atoms with Crippen molar-refractivity contribution in [1.82, 2.24) is 10.2 Å². The van der Waals surface area contributed by atoms with Crippen molar-refractivity contribution in [2.24, 2.45) is 5.92 Å². The van der Waals surface area contributed by atoms with Crippen LogP contribution >= 0.6 is 11.8 Å². The first-order valence-electron chi connectivity index (χ1n) is 9.22. The maximum absolute atomic E-state index is 13.5. The number of alkyl halides is 3. The summed E-state index contributed by atoms with van der Waals surface area (Å²) in [5, 5.41) is 35.4. The number of benzene rings is 1. The number of aromatic amines is 1. The van der Waals surface area contributed by atoms with Gasteiger partial charge in [0.15, 0.2) is 0 Å². The van der Waals surface area contributed by atoms with E-state index >= 15 is 0 Å². The van der Waals surface area contributed by atoms with Gasteiger partial charge in [-0.1, -0.05) is 19.1 Å². The van der Waals surface area contributed by atoms with Gasteiger partial charge >= 0.3 is 6.18 Å². The highest BCUT2D eigenvalue weighted by molar-refractivity contribution is 7.98. The molecule has 7 nitrogen and oxygen atoms in total. The molecule has 0 saturated carbocycles. The molecule has 1 aromatic heterocycles. The van der Waals surface area contributed by atoms with Crippen LogP contribution < -0.4 is 4.74 Å². The van der Waals surface area contributed by atoms with Crippen molar-refractivity contribution in [2.45, 2.75) is 49.0 Å². The summed E-state index contributed by atoms with van der Waals surface area (Å²) in [4.78, 5) is 0.968. The third kappa shape index (κ3) is 4.75. The molecule has 3 rings (SSSR count). The SMILES string of the molecule is CSc1ccc(Cc2c(O[C@@H]3O[C@H](CO)[C@@H](C)[C@H](O)[C@H]3O)n[nH]c2C(F)(F)F)cc1. The molecule has 0 bridgehead atoms. The second-order valence-electron chi connectivity index (χ2n) is 7.09. The number of hydrogen-bond donors (Lipinski definition) is 4. The minimum absolute atomic E-state index is 0.124. The highest BCUT2D eigenvalue weighted by atomic mass is 32.2. The van der Waals surface area contributed by atoms with Crippen LogP contribution in [0.25, 0.3) is 0 Å². The largest absolute Gasteiger partial charge is 0.443 e. The van der Waals surface area contributed by atoms with Crippen molar-refractivity contribution in [1.29, 1.82) is 0 Å². The van der Waals surface area contributed by atoms with Crippen LogP contribution in [0.3, 0.4) is 0 Å². The summed E-state index contributed by atoms with van der Waals surface area (Å²) in [5.41, 5.74) is -0.704. The first kappa shape index (κ1) is 22.9. The Hall–Kier alpha value is -1.79. The summed E-state index contributed by atoms with van der Waals surface area (Å²) in [6.07, 6.45) is -8.08.